The molecule has 1 amide bonds. The quantitative estimate of drug-likeness (QED) is 0.544. The molecule has 1 aliphatic heterocycles. The van der Waals surface area contributed by atoms with Crippen LogP contribution in [0.2, 0.25) is 0 Å². The number of nitrogens with zero attached hydrogens (tertiary/aromatic N) is 2. The summed E-state index contributed by atoms with van der Waals surface area (Å²) in [6.07, 6.45) is 5.87. The molecule has 0 aromatic rings. The van der Waals surface area contributed by atoms with E-state index in [1.54, 1.807) is 19.0 Å². The molecule has 0 aromatic carbocycles. The van der Waals surface area contributed by atoms with Crippen molar-refractivity contribution in [2.45, 2.75) is 71.9 Å². The first-order chi connectivity index (χ1) is 11.7. The topological polar surface area (TPSA) is 66.0 Å². The van der Waals surface area contributed by atoms with E-state index >= 15 is 0 Å². The summed E-state index contributed by atoms with van der Waals surface area (Å²) in [5.41, 5.74) is 0.317. The van der Waals surface area contributed by atoms with Gasteiger partial charge < -0.3 is 20.3 Å². The molecule has 1 heterocycles. The van der Waals surface area contributed by atoms with Crippen molar-refractivity contribution in [2.75, 3.05) is 33.8 Å². The monoisotopic (exact) mass is 354 g/mol. The Morgan fingerprint density at radius 1 is 1.32 bits per heavy atom. The fraction of sp³-hybridized carbons (Fsp3) is 0.895. The van der Waals surface area contributed by atoms with Crippen LogP contribution in [-0.4, -0.2) is 62.7 Å². The van der Waals surface area contributed by atoms with E-state index in [0.717, 1.165) is 38.8 Å². The summed E-state index contributed by atoms with van der Waals surface area (Å²) < 4.78 is 5.77. The van der Waals surface area contributed by atoms with Gasteiger partial charge in [-0.05, 0) is 44.4 Å². The van der Waals surface area contributed by atoms with Gasteiger partial charge in [0.1, 0.15) is 6.54 Å². The molecule has 0 saturated carbocycles. The third kappa shape index (κ3) is 10.3. The normalized spacial score (nSPS) is 20.1. The summed E-state index contributed by atoms with van der Waals surface area (Å²) in [6, 6.07) is 0.298. The lowest BCUT2D eigenvalue weighted by Gasteiger charge is -2.26. The van der Waals surface area contributed by atoms with E-state index in [0.29, 0.717) is 17.4 Å². The van der Waals surface area contributed by atoms with Gasteiger partial charge in [-0.25, -0.2) is 4.99 Å². The molecule has 25 heavy (non-hydrogen) atoms. The second kappa shape index (κ2) is 10.6. The molecule has 1 aliphatic rings. The van der Waals surface area contributed by atoms with Crippen LogP contribution in [0.4, 0.5) is 0 Å². The molecule has 2 unspecified atom stereocenters. The molecule has 2 atom stereocenters. The average molecular weight is 355 g/mol. The summed E-state index contributed by atoms with van der Waals surface area (Å²) in [5, 5.41) is 6.79. The maximum atomic E-state index is 11.8. The summed E-state index contributed by atoms with van der Waals surface area (Å²) in [7, 11) is 3.50. The molecule has 6 nitrogen and oxygen atoms in total. The van der Waals surface area contributed by atoms with Gasteiger partial charge >= 0.3 is 0 Å². The average Bonchev–Trinajstić information content (AvgIpc) is 2.55. The van der Waals surface area contributed by atoms with Crippen LogP contribution in [0.5, 0.6) is 0 Å². The molecular weight excluding hydrogens is 316 g/mol. The van der Waals surface area contributed by atoms with E-state index < -0.39 is 0 Å². The Hall–Kier alpha value is -1.30. The Kier molecular flexibility index (Phi) is 9.25. The van der Waals surface area contributed by atoms with E-state index in [9.17, 15) is 4.79 Å². The number of nitrogens with one attached hydrogen (secondary N) is 2. The number of guanidine groups is 1. The predicted molar refractivity (Wildman–Crippen MR) is 104 cm³/mol. The Bertz CT molecular complexity index is 424. The lowest BCUT2D eigenvalue weighted by atomic mass is 9.89. The van der Waals surface area contributed by atoms with Crippen LogP contribution in [-0.2, 0) is 9.53 Å². The molecule has 2 N–H and O–H groups in total. The molecule has 1 rings (SSSR count). The van der Waals surface area contributed by atoms with Crippen LogP contribution in [0.3, 0.4) is 0 Å². The zero-order chi connectivity index (χ0) is 18.9. The van der Waals surface area contributed by atoms with Gasteiger partial charge in [-0.1, -0.05) is 20.8 Å². The second-order valence-corrected chi connectivity index (χ2v) is 8.47. The van der Waals surface area contributed by atoms with Gasteiger partial charge in [0, 0.05) is 33.3 Å². The number of aliphatic imine (C=N–C) groups is 1. The molecule has 6 heteroatoms. The first kappa shape index (κ1) is 21.7. The molecule has 0 aliphatic carbocycles. The number of amides is 1. The Balaban J connectivity index is 2.56. The van der Waals surface area contributed by atoms with Gasteiger partial charge in [-0.3, -0.25) is 4.79 Å². The van der Waals surface area contributed by atoms with E-state index in [-0.39, 0.29) is 18.6 Å². The number of carbonyl (C=O) groups is 1. The van der Waals surface area contributed by atoms with Crippen molar-refractivity contribution in [1.29, 1.82) is 0 Å². The van der Waals surface area contributed by atoms with E-state index in [1.165, 1.54) is 6.42 Å². The van der Waals surface area contributed by atoms with Crippen molar-refractivity contribution < 1.29 is 9.53 Å². The fourth-order valence-corrected chi connectivity index (χ4v) is 2.57. The molecule has 1 fully saturated rings. The maximum absolute atomic E-state index is 11.8. The highest BCUT2D eigenvalue weighted by molar-refractivity contribution is 5.84. The summed E-state index contributed by atoms with van der Waals surface area (Å²) in [6.45, 7) is 10.6. The number of hydrogen-bond acceptors (Lipinski definition) is 3. The van der Waals surface area contributed by atoms with Crippen LogP contribution >= 0.6 is 0 Å². The number of carbonyl (C=O) groups excluding carboxylic acids is 1. The van der Waals surface area contributed by atoms with Crippen molar-refractivity contribution in [2.24, 2.45) is 10.4 Å². The number of ether oxygens (including phenoxy) is 1. The summed E-state index contributed by atoms with van der Waals surface area (Å²) >= 11 is 0. The predicted octanol–water partition coefficient (Wildman–Crippen LogP) is 2.39. The van der Waals surface area contributed by atoms with Crippen molar-refractivity contribution in [3.05, 3.63) is 0 Å². The Morgan fingerprint density at radius 3 is 2.60 bits per heavy atom. The largest absolute Gasteiger partial charge is 0.376 e. The standard InChI is InChI=1S/C19H38N4O2/c1-15(10-11-19(2,3)4)22-18(21-14-17(24)23(5)6)20-13-16-9-7-8-12-25-16/h15-16H,7-14H2,1-6H3,(H2,20,21,22). The van der Waals surface area contributed by atoms with Crippen LogP contribution < -0.4 is 10.6 Å². The third-order valence-corrected chi connectivity index (χ3v) is 4.35. The van der Waals surface area contributed by atoms with Crippen molar-refractivity contribution in [3.63, 3.8) is 0 Å². The van der Waals surface area contributed by atoms with E-state index in [4.69, 9.17) is 4.74 Å². The molecular formula is C19H38N4O2. The zero-order valence-corrected chi connectivity index (χ0v) is 17.0. The number of rotatable bonds is 7. The minimum atomic E-state index is -0.00244. The lowest BCUT2D eigenvalue weighted by molar-refractivity contribution is -0.127. The number of hydrogen-bond donors (Lipinski definition) is 2. The lowest BCUT2D eigenvalue weighted by Crippen LogP contribution is -2.46. The SMILES string of the molecule is CC(CCC(C)(C)C)NC(=NCC(=O)N(C)C)NCC1CCCCO1. The third-order valence-electron chi connectivity index (χ3n) is 4.35. The number of likely N-dealkylation sites (N-methyl/N-ethyl adjacent to an activating group) is 1. The Morgan fingerprint density at radius 2 is 2.04 bits per heavy atom. The van der Waals surface area contributed by atoms with E-state index in [2.05, 4.69) is 43.3 Å². The Labute approximate surface area is 153 Å². The van der Waals surface area contributed by atoms with Gasteiger partial charge in [0.05, 0.1) is 6.10 Å². The van der Waals surface area contributed by atoms with Gasteiger partial charge in [0.15, 0.2) is 5.96 Å². The highest BCUT2D eigenvalue weighted by atomic mass is 16.5. The van der Waals surface area contributed by atoms with Gasteiger partial charge in [0.25, 0.3) is 0 Å². The smallest absolute Gasteiger partial charge is 0.243 e. The minimum Gasteiger partial charge on any atom is -0.376 e. The summed E-state index contributed by atoms with van der Waals surface area (Å²) in [5.74, 6) is 0.697. The van der Waals surface area contributed by atoms with Crippen molar-refractivity contribution in [1.82, 2.24) is 15.5 Å². The van der Waals surface area contributed by atoms with Gasteiger partial charge in [-0.2, -0.15) is 0 Å². The zero-order valence-electron chi connectivity index (χ0n) is 17.0. The fourth-order valence-electron chi connectivity index (χ4n) is 2.57. The molecule has 0 aromatic heterocycles. The van der Waals surface area contributed by atoms with Gasteiger partial charge in [-0.15, -0.1) is 0 Å². The van der Waals surface area contributed by atoms with Crippen LogP contribution in [0.15, 0.2) is 4.99 Å². The molecule has 0 bridgehead atoms. The van der Waals surface area contributed by atoms with Crippen LogP contribution in [0.1, 0.15) is 59.8 Å². The molecule has 1 saturated heterocycles. The highest BCUT2D eigenvalue weighted by Crippen LogP contribution is 2.21. The van der Waals surface area contributed by atoms with Crippen molar-refractivity contribution in [3.8, 4) is 0 Å². The van der Waals surface area contributed by atoms with Crippen LogP contribution in [0.25, 0.3) is 0 Å². The van der Waals surface area contributed by atoms with Crippen LogP contribution in [0, 0.1) is 5.41 Å². The first-order valence-electron chi connectivity index (χ1n) is 9.54. The van der Waals surface area contributed by atoms with Crippen molar-refractivity contribution >= 4 is 11.9 Å². The second-order valence-electron chi connectivity index (χ2n) is 8.47. The molecule has 0 radical (unpaired) electrons. The minimum absolute atomic E-state index is 0.00244. The summed E-state index contributed by atoms with van der Waals surface area (Å²) in [4.78, 5) is 17.9. The first-order valence-corrected chi connectivity index (χ1v) is 9.54. The molecule has 146 valence electrons. The van der Waals surface area contributed by atoms with E-state index in [1.807, 2.05) is 0 Å². The molecule has 0 spiro atoms. The van der Waals surface area contributed by atoms with Gasteiger partial charge in [0.2, 0.25) is 5.91 Å². The maximum Gasteiger partial charge on any atom is 0.243 e. The highest BCUT2D eigenvalue weighted by Gasteiger charge is 2.16.